The van der Waals surface area contributed by atoms with Crippen molar-refractivity contribution in [2.45, 2.75) is 6.42 Å². The minimum atomic E-state index is -0.461. The van der Waals surface area contributed by atoms with Gasteiger partial charge in [0.25, 0.3) is 0 Å². The second-order valence-corrected chi connectivity index (χ2v) is 7.29. The van der Waals surface area contributed by atoms with Gasteiger partial charge in [0, 0.05) is 30.6 Å². The molecule has 168 valence electrons. The van der Waals surface area contributed by atoms with Crippen LogP contribution in [0.15, 0.2) is 48.7 Å². The third-order valence-corrected chi connectivity index (χ3v) is 4.60. The second kappa shape index (κ2) is 11.1. The highest BCUT2D eigenvalue weighted by Crippen LogP contribution is 2.27. The fourth-order valence-electron chi connectivity index (χ4n) is 3.03. The van der Waals surface area contributed by atoms with E-state index in [1.807, 2.05) is 38.4 Å². The van der Waals surface area contributed by atoms with Gasteiger partial charge in [0.05, 0.1) is 25.6 Å². The van der Waals surface area contributed by atoms with Crippen LogP contribution < -0.4 is 15.4 Å². The number of nitrogens with one attached hydrogen (secondary N) is 2. The molecule has 32 heavy (non-hydrogen) atoms. The predicted octanol–water partition coefficient (Wildman–Crippen LogP) is 3.44. The highest BCUT2D eigenvalue weighted by atomic mass is 16.5. The number of esters is 1. The van der Waals surface area contributed by atoms with Crippen LogP contribution in [-0.2, 0) is 4.74 Å². The minimum absolute atomic E-state index is 0.348. The highest BCUT2D eigenvalue weighted by molar-refractivity contribution is 5.93. The maximum Gasteiger partial charge on any atom is 0.341 e. The number of hydrogen-bond acceptors (Lipinski definition) is 9. The molecule has 0 spiro atoms. The first-order valence-electron chi connectivity index (χ1n) is 10.2. The zero-order valence-corrected chi connectivity index (χ0v) is 18.8. The van der Waals surface area contributed by atoms with Crippen molar-refractivity contribution in [2.75, 3.05) is 52.0 Å². The normalized spacial score (nSPS) is 10.7. The number of aromatic nitrogens is 3. The van der Waals surface area contributed by atoms with E-state index in [1.54, 1.807) is 24.4 Å². The van der Waals surface area contributed by atoms with E-state index >= 15 is 0 Å². The number of carbonyl (C=O) groups is 1. The molecule has 0 saturated carbocycles. The van der Waals surface area contributed by atoms with Gasteiger partial charge in [0.1, 0.15) is 17.1 Å². The van der Waals surface area contributed by atoms with Crippen LogP contribution >= 0.6 is 0 Å². The summed E-state index contributed by atoms with van der Waals surface area (Å²) in [7, 11) is 6.92. The van der Waals surface area contributed by atoms with Crippen molar-refractivity contribution < 1.29 is 14.3 Å². The van der Waals surface area contributed by atoms with E-state index in [2.05, 4.69) is 30.5 Å². The number of nitrogens with zero attached hydrogens (tertiary/aromatic N) is 4. The summed E-state index contributed by atoms with van der Waals surface area (Å²) < 4.78 is 10.1. The lowest BCUT2D eigenvalue weighted by Crippen LogP contribution is -2.17. The standard InChI is InChI=1S/C23H28N6O3/c1-29(2)13-7-12-25-23-27-19(18-8-5-6-11-24-18)15-21(28-23)26-16-9-10-17(22(30)32-4)20(14-16)31-3/h5-6,8-11,14-15H,7,12-13H2,1-4H3,(H2,25,26,27,28). The first-order valence-corrected chi connectivity index (χ1v) is 10.2. The molecule has 0 bridgehead atoms. The van der Waals surface area contributed by atoms with Gasteiger partial charge in [-0.25, -0.2) is 9.78 Å². The summed E-state index contributed by atoms with van der Waals surface area (Å²) in [6.07, 6.45) is 2.68. The van der Waals surface area contributed by atoms with Crippen molar-refractivity contribution in [1.29, 1.82) is 0 Å². The molecule has 3 aromatic rings. The summed E-state index contributed by atoms with van der Waals surface area (Å²) in [6, 6.07) is 12.6. The van der Waals surface area contributed by atoms with E-state index in [4.69, 9.17) is 9.47 Å². The van der Waals surface area contributed by atoms with Gasteiger partial charge in [0.15, 0.2) is 0 Å². The van der Waals surface area contributed by atoms with Gasteiger partial charge < -0.3 is 25.0 Å². The predicted molar refractivity (Wildman–Crippen MR) is 125 cm³/mol. The molecule has 0 aliphatic rings. The van der Waals surface area contributed by atoms with Crippen molar-refractivity contribution in [3.63, 3.8) is 0 Å². The summed E-state index contributed by atoms with van der Waals surface area (Å²) in [5.41, 5.74) is 2.49. The molecule has 3 rings (SSSR count). The maximum absolute atomic E-state index is 11.9. The Morgan fingerprint density at radius 2 is 1.91 bits per heavy atom. The molecule has 0 amide bonds. The van der Waals surface area contributed by atoms with E-state index in [9.17, 15) is 4.79 Å². The van der Waals surface area contributed by atoms with Gasteiger partial charge in [0.2, 0.25) is 5.95 Å². The molecule has 0 unspecified atom stereocenters. The Morgan fingerprint density at radius 1 is 1.06 bits per heavy atom. The fourth-order valence-corrected chi connectivity index (χ4v) is 3.03. The zero-order valence-electron chi connectivity index (χ0n) is 18.8. The number of benzene rings is 1. The Kier molecular flexibility index (Phi) is 7.93. The van der Waals surface area contributed by atoms with Crippen LogP contribution in [0.1, 0.15) is 16.8 Å². The van der Waals surface area contributed by atoms with Gasteiger partial charge in [-0.3, -0.25) is 4.98 Å². The van der Waals surface area contributed by atoms with Gasteiger partial charge >= 0.3 is 5.97 Å². The Bertz CT molecular complexity index is 1040. The Morgan fingerprint density at radius 3 is 2.59 bits per heavy atom. The monoisotopic (exact) mass is 436 g/mol. The van der Waals surface area contributed by atoms with Crippen molar-refractivity contribution in [3.05, 3.63) is 54.2 Å². The van der Waals surface area contributed by atoms with Crippen LogP contribution in [0.5, 0.6) is 5.75 Å². The Balaban J connectivity index is 1.87. The molecule has 2 aromatic heterocycles. The van der Waals surface area contributed by atoms with E-state index < -0.39 is 5.97 Å². The van der Waals surface area contributed by atoms with E-state index in [1.165, 1.54) is 14.2 Å². The van der Waals surface area contributed by atoms with Crippen molar-refractivity contribution >= 4 is 23.4 Å². The smallest absolute Gasteiger partial charge is 0.341 e. The maximum atomic E-state index is 11.9. The lowest BCUT2D eigenvalue weighted by atomic mass is 10.1. The van der Waals surface area contributed by atoms with Crippen LogP contribution in [0.25, 0.3) is 11.4 Å². The zero-order chi connectivity index (χ0) is 22.9. The third-order valence-electron chi connectivity index (χ3n) is 4.60. The summed E-state index contributed by atoms with van der Waals surface area (Å²) in [5.74, 6) is 1.04. The molecule has 0 saturated heterocycles. The summed E-state index contributed by atoms with van der Waals surface area (Å²) >= 11 is 0. The van der Waals surface area contributed by atoms with Crippen molar-refractivity contribution in [3.8, 4) is 17.1 Å². The fraction of sp³-hybridized carbons (Fsp3) is 0.304. The molecular weight excluding hydrogens is 408 g/mol. The molecule has 0 aliphatic carbocycles. The Hall–Kier alpha value is -3.72. The van der Waals surface area contributed by atoms with E-state index in [-0.39, 0.29) is 0 Å². The van der Waals surface area contributed by atoms with Gasteiger partial charge in [-0.05, 0) is 51.3 Å². The number of pyridine rings is 1. The first-order chi connectivity index (χ1) is 15.5. The first kappa shape index (κ1) is 23.0. The van der Waals surface area contributed by atoms with Crippen LogP contribution in [0.4, 0.5) is 17.5 Å². The highest BCUT2D eigenvalue weighted by Gasteiger charge is 2.14. The number of carbonyl (C=O) groups excluding carboxylic acids is 1. The molecule has 0 atom stereocenters. The third kappa shape index (κ3) is 6.14. The summed E-state index contributed by atoms with van der Waals surface area (Å²) in [5, 5.41) is 6.55. The number of hydrogen-bond donors (Lipinski definition) is 2. The van der Waals surface area contributed by atoms with Crippen molar-refractivity contribution in [2.24, 2.45) is 0 Å². The summed E-state index contributed by atoms with van der Waals surface area (Å²) in [6.45, 7) is 1.70. The topological polar surface area (TPSA) is 102 Å². The SMILES string of the molecule is COC(=O)c1ccc(Nc2cc(-c3ccccn3)nc(NCCCN(C)C)n2)cc1OC. The van der Waals surface area contributed by atoms with E-state index in [0.29, 0.717) is 34.5 Å². The molecule has 2 N–H and O–H groups in total. The number of anilines is 3. The van der Waals surface area contributed by atoms with Gasteiger partial charge in [-0.2, -0.15) is 4.98 Å². The lowest BCUT2D eigenvalue weighted by molar-refractivity contribution is 0.0597. The lowest BCUT2D eigenvalue weighted by Gasteiger charge is -2.14. The van der Waals surface area contributed by atoms with Crippen LogP contribution in [0, 0.1) is 0 Å². The molecule has 0 fully saturated rings. The number of methoxy groups -OCH3 is 2. The molecule has 9 heteroatoms. The van der Waals surface area contributed by atoms with E-state index in [0.717, 1.165) is 25.2 Å². The molecule has 0 aliphatic heterocycles. The minimum Gasteiger partial charge on any atom is -0.496 e. The summed E-state index contributed by atoms with van der Waals surface area (Å²) in [4.78, 5) is 27.7. The molecule has 2 heterocycles. The quantitative estimate of drug-likeness (QED) is 0.365. The van der Waals surface area contributed by atoms with Gasteiger partial charge in [-0.1, -0.05) is 6.07 Å². The van der Waals surface area contributed by atoms with Gasteiger partial charge in [-0.15, -0.1) is 0 Å². The number of rotatable bonds is 10. The van der Waals surface area contributed by atoms with Crippen molar-refractivity contribution in [1.82, 2.24) is 19.9 Å². The van der Waals surface area contributed by atoms with Crippen LogP contribution in [0.2, 0.25) is 0 Å². The second-order valence-electron chi connectivity index (χ2n) is 7.29. The van der Waals surface area contributed by atoms with Crippen LogP contribution in [0.3, 0.4) is 0 Å². The number of ether oxygens (including phenoxy) is 2. The molecular formula is C23H28N6O3. The average Bonchev–Trinajstić information content (AvgIpc) is 2.81. The van der Waals surface area contributed by atoms with Crippen LogP contribution in [-0.4, -0.2) is 67.2 Å². The molecule has 0 radical (unpaired) electrons. The molecule has 9 nitrogen and oxygen atoms in total. The average molecular weight is 437 g/mol. The largest absolute Gasteiger partial charge is 0.496 e. The Labute approximate surface area is 187 Å². The molecule has 1 aromatic carbocycles.